The van der Waals surface area contributed by atoms with E-state index in [4.69, 9.17) is 10.5 Å². The molecule has 0 heterocycles. The molecule has 0 fully saturated rings. The first-order valence-corrected chi connectivity index (χ1v) is 5.63. The number of rotatable bonds is 4. The van der Waals surface area contributed by atoms with Gasteiger partial charge in [0.15, 0.2) is 6.23 Å². The second-order valence-electron chi connectivity index (χ2n) is 3.55. The minimum absolute atomic E-state index is 0.332. The van der Waals surface area contributed by atoms with Gasteiger partial charge in [-0.3, -0.25) is 5.73 Å². The van der Waals surface area contributed by atoms with Crippen molar-refractivity contribution in [3.63, 3.8) is 0 Å². The van der Waals surface area contributed by atoms with E-state index in [1.807, 2.05) is 19.1 Å². The van der Waals surface area contributed by atoms with Gasteiger partial charge in [-0.15, -0.1) is 6.58 Å². The van der Waals surface area contributed by atoms with Crippen molar-refractivity contribution in [3.05, 3.63) is 40.4 Å². The van der Waals surface area contributed by atoms with Gasteiger partial charge in [-0.2, -0.15) is 0 Å². The number of hydrogen-bond donors (Lipinski definition) is 1. The van der Waals surface area contributed by atoms with Gasteiger partial charge in [0.05, 0.1) is 4.47 Å². The van der Waals surface area contributed by atoms with Crippen LogP contribution in [0.3, 0.4) is 0 Å². The van der Waals surface area contributed by atoms with Crippen LogP contribution in [0.5, 0.6) is 5.75 Å². The lowest BCUT2D eigenvalue weighted by Gasteiger charge is -2.15. The molecule has 1 aromatic carbocycles. The zero-order valence-electron chi connectivity index (χ0n) is 9.09. The molecule has 0 amide bonds. The SMILES string of the molecule is C=CCC(N)Oc1cc(C)c(C)cc1Br. The maximum atomic E-state index is 5.76. The van der Waals surface area contributed by atoms with Gasteiger partial charge in [0, 0.05) is 6.42 Å². The second kappa shape index (κ2) is 5.33. The Bertz CT molecular complexity index is 363. The maximum absolute atomic E-state index is 5.76. The van der Waals surface area contributed by atoms with Gasteiger partial charge in [0.2, 0.25) is 0 Å². The first-order chi connectivity index (χ1) is 7.04. The summed E-state index contributed by atoms with van der Waals surface area (Å²) in [7, 11) is 0. The van der Waals surface area contributed by atoms with Crippen molar-refractivity contribution in [3.8, 4) is 5.75 Å². The molecular weight excluding hydrogens is 254 g/mol. The van der Waals surface area contributed by atoms with E-state index < -0.39 is 0 Å². The molecule has 0 aliphatic heterocycles. The van der Waals surface area contributed by atoms with E-state index in [1.165, 1.54) is 11.1 Å². The third-order valence-corrected chi connectivity index (χ3v) is 2.85. The average Bonchev–Trinajstić information content (AvgIpc) is 2.14. The number of benzene rings is 1. The van der Waals surface area contributed by atoms with Crippen molar-refractivity contribution >= 4 is 15.9 Å². The van der Waals surface area contributed by atoms with Crippen molar-refractivity contribution in [2.24, 2.45) is 5.73 Å². The summed E-state index contributed by atoms with van der Waals surface area (Å²) in [5.74, 6) is 0.785. The standard InChI is InChI=1S/C12H16BrNO/c1-4-5-12(14)15-11-7-9(3)8(2)6-10(11)13/h4,6-7,12H,1,5,14H2,2-3H3. The summed E-state index contributed by atoms with van der Waals surface area (Å²) >= 11 is 3.45. The molecule has 0 aliphatic carbocycles. The maximum Gasteiger partial charge on any atom is 0.151 e. The molecule has 82 valence electrons. The second-order valence-corrected chi connectivity index (χ2v) is 4.40. The molecule has 2 N–H and O–H groups in total. The van der Waals surface area contributed by atoms with Crippen LogP contribution < -0.4 is 10.5 Å². The third kappa shape index (κ3) is 3.36. The van der Waals surface area contributed by atoms with Crippen molar-refractivity contribution < 1.29 is 4.74 Å². The number of ether oxygens (including phenoxy) is 1. The van der Waals surface area contributed by atoms with Gasteiger partial charge in [0.25, 0.3) is 0 Å². The van der Waals surface area contributed by atoms with Crippen LogP contribution in [0.25, 0.3) is 0 Å². The van der Waals surface area contributed by atoms with Gasteiger partial charge >= 0.3 is 0 Å². The molecule has 3 heteroatoms. The molecule has 0 bridgehead atoms. The smallest absolute Gasteiger partial charge is 0.151 e. The van der Waals surface area contributed by atoms with Gasteiger partial charge in [-0.05, 0) is 53.0 Å². The Balaban J connectivity index is 2.85. The van der Waals surface area contributed by atoms with Crippen molar-refractivity contribution in [2.45, 2.75) is 26.5 Å². The summed E-state index contributed by atoms with van der Waals surface area (Å²) < 4.78 is 6.52. The molecule has 0 aromatic heterocycles. The predicted molar refractivity (Wildman–Crippen MR) is 67.0 cm³/mol. The fourth-order valence-corrected chi connectivity index (χ4v) is 1.77. The van der Waals surface area contributed by atoms with E-state index in [0.29, 0.717) is 6.42 Å². The van der Waals surface area contributed by atoms with E-state index in [0.717, 1.165) is 10.2 Å². The van der Waals surface area contributed by atoms with Crippen LogP contribution in [0.1, 0.15) is 17.5 Å². The molecule has 2 nitrogen and oxygen atoms in total. The molecule has 15 heavy (non-hydrogen) atoms. The van der Waals surface area contributed by atoms with Crippen LogP contribution in [0.15, 0.2) is 29.3 Å². The monoisotopic (exact) mass is 269 g/mol. The van der Waals surface area contributed by atoms with E-state index in [-0.39, 0.29) is 6.23 Å². The number of aryl methyl sites for hydroxylation is 2. The Morgan fingerprint density at radius 1 is 1.47 bits per heavy atom. The van der Waals surface area contributed by atoms with Crippen LogP contribution >= 0.6 is 15.9 Å². The van der Waals surface area contributed by atoms with Crippen LogP contribution in [0.2, 0.25) is 0 Å². The summed E-state index contributed by atoms with van der Waals surface area (Å²) in [6.45, 7) is 7.74. The van der Waals surface area contributed by atoms with Gasteiger partial charge in [-0.25, -0.2) is 0 Å². The highest BCUT2D eigenvalue weighted by molar-refractivity contribution is 9.10. The van der Waals surface area contributed by atoms with E-state index in [9.17, 15) is 0 Å². The fourth-order valence-electron chi connectivity index (χ4n) is 1.22. The highest BCUT2D eigenvalue weighted by Crippen LogP contribution is 2.28. The highest BCUT2D eigenvalue weighted by atomic mass is 79.9. The summed E-state index contributed by atoms with van der Waals surface area (Å²) in [5.41, 5.74) is 8.18. The van der Waals surface area contributed by atoms with Crippen LogP contribution in [-0.2, 0) is 0 Å². The Hall–Kier alpha value is -0.800. The lowest BCUT2D eigenvalue weighted by atomic mass is 10.1. The first kappa shape index (κ1) is 12.3. The zero-order valence-corrected chi connectivity index (χ0v) is 10.7. The Morgan fingerprint density at radius 2 is 2.07 bits per heavy atom. The lowest BCUT2D eigenvalue weighted by Crippen LogP contribution is -2.26. The molecule has 1 atom stereocenters. The molecule has 1 aromatic rings. The van der Waals surface area contributed by atoms with Crippen LogP contribution in [-0.4, -0.2) is 6.23 Å². The average molecular weight is 270 g/mol. The summed E-state index contributed by atoms with van der Waals surface area (Å²) in [5, 5.41) is 0. The third-order valence-electron chi connectivity index (χ3n) is 2.23. The summed E-state index contributed by atoms with van der Waals surface area (Å²) in [4.78, 5) is 0. The van der Waals surface area contributed by atoms with Crippen LogP contribution in [0, 0.1) is 13.8 Å². The fraction of sp³-hybridized carbons (Fsp3) is 0.333. The van der Waals surface area contributed by atoms with E-state index in [2.05, 4.69) is 29.4 Å². The summed E-state index contributed by atoms with van der Waals surface area (Å²) in [6.07, 6.45) is 2.06. The Morgan fingerprint density at radius 3 is 2.67 bits per heavy atom. The lowest BCUT2D eigenvalue weighted by molar-refractivity contribution is 0.211. The van der Waals surface area contributed by atoms with Crippen molar-refractivity contribution in [1.82, 2.24) is 0 Å². The van der Waals surface area contributed by atoms with Crippen molar-refractivity contribution in [2.75, 3.05) is 0 Å². The number of halogens is 1. The normalized spacial score (nSPS) is 12.3. The summed E-state index contributed by atoms with van der Waals surface area (Å²) in [6, 6.07) is 4.02. The minimum atomic E-state index is -0.332. The minimum Gasteiger partial charge on any atom is -0.474 e. The van der Waals surface area contributed by atoms with Gasteiger partial charge < -0.3 is 4.74 Å². The number of nitrogens with two attached hydrogens (primary N) is 1. The quantitative estimate of drug-likeness (QED) is 0.673. The largest absolute Gasteiger partial charge is 0.474 e. The molecule has 0 saturated carbocycles. The number of hydrogen-bond acceptors (Lipinski definition) is 2. The molecule has 1 rings (SSSR count). The van der Waals surface area contributed by atoms with E-state index >= 15 is 0 Å². The molecule has 1 unspecified atom stereocenters. The molecule has 0 radical (unpaired) electrons. The van der Waals surface area contributed by atoms with Gasteiger partial charge in [-0.1, -0.05) is 6.08 Å². The highest BCUT2D eigenvalue weighted by Gasteiger charge is 2.07. The first-order valence-electron chi connectivity index (χ1n) is 4.84. The van der Waals surface area contributed by atoms with Gasteiger partial charge in [0.1, 0.15) is 5.75 Å². The Kier molecular flexibility index (Phi) is 4.36. The van der Waals surface area contributed by atoms with Crippen LogP contribution in [0.4, 0.5) is 0 Å². The molecule has 0 aliphatic rings. The molecule has 0 saturated heterocycles. The predicted octanol–water partition coefficient (Wildman–Crippen LogP) is 3.31. The Labute approximate surface area is 99.3 Å². The zero-order chi connectivity index (χ0) is 11.4. The molecule has 0 spiro atoms. The topological polar surface area (TPSA) is 35.2 Å². The molecular formula is C12H16BrNO. The van der Waals surface area contributed by atoms with E-state index in [1.54, 1.807) is 6.08 Å². The van der Waals surface area contributed by atoms with Crippen molar-refractivity contribution in [1.29, 1.82) is 0 Å².